The van der Waals surface area contributed by atoms with Crippen LogP contribution in [0.25, 0.3) is 11.8 Å². The van der Waals surface area contributed by atoms with Gasteiger partial charge in [-0.2, -0.15) is 5.10 Å². The minimum Gasteiger partial charge on any atom is -0.452 e. The van der Waals surface area contributed by atoms with Crippen molar-refractivity contribution >= 4 is 39.4 Å². The zero-order valence-electron chi connectivity index (χ0n) is 16.0. The Morgan fingerprint density at radius 1 is 1.37 bits per heavy atom. The molecule has 1 saturated heterocycles. The number of nitrogens with zero attached hydrogens (tertiary/aromatic N) is 2. The number of esters is 1. The zero-order valence-corrected chi connectivity index (χ0v) is 17.5. The average Bonchev–Trinajstić information content (AvgIpc) is 3.17. The molecule has 1 aliphatic heterocycles. The minimum atomic E-state index is -3.11. The maximum atomic E-state index is 13.1. The zero-order chi connectivity index (χ0) is 21.9. The van der Waals surface area contributed by atoms with Crippen LogP contribution in [0.3, 0.4) is 0 Å². The number of hydrogen-bond donors (Lipinski definition) is 1. The van der Waals surface area contributed by atoms with E-state index in [1.165, 1.54) is 35.0 Å². The molecule has 8 nitrogen and oxygen atoms in total. The van der Waals surface area contributed by atoms with Crippen LogP contribution in [-0.4, -0.2) is 54.2 Å². The fourth-order valence-corrected chi connectivity index (χ4v) is 4.98. The monoisotopic (exact) mass is 455 g/mol. The Morgan fingerprint density at radius 3 is 2.70 bits per heavy atom. The predicted molar refractivity (Wildman–Crippen MR) is 108 cm³/mol. The van der Waals surface area contributed by atoms with Gasteiger partial charge in [-0.05, 0) is 43.7 Å². The van der Waals surface area contributed by atoms with E-state index in [0.29, 0.717) is 23.4 Å². The summed E-state index contributed by atoms with van der Waals surface area (Å²) >= 11 is 6.32. The number of amides is 1. The van der Waals surface area contributed by atoms with Crippen molar-refractivity contribution in [3.05, 3.63) is 52.6 Å². The standard InChI is InChI=1S/C19H19ClFN3O5S/c1-12-16(19(20)24(23-12)15-4-2-13(21)3-5-15)6-7-18(26)29-10-17(25)22-14-8-9-30(27,28)11-14/h2-7,14H,8-11H2,1H3,(H,22,25)/b7-6+/t14-/m1/s1. The highest BCUT2D eigenvalue weighted by Gasteiger charge is 2.29. The third-order valence-corrected chi connectivity index (χ3v) is 6.58. The van der Waals surface area contributed by atoms with E-state index in [9.17, 15) is 22.4 Å². The SMILES string of the molecule is Cc1nn(-c2ccc(F)cc2)c(Cl)c1/C=C/C(=O)OCC(=O)N[C@@H]1CCS(=O)(=O)C1. The molecule has 1 atom stereocenters. The van der Waals surface area contributed by atoms with E-state index < -0.39 is 34.4 Å². The molecule has 1 aromatic heterocycles. The lowest BCUT2D eigenvalue weighted by Gasteiger charge is -2.10. The largest absolute Gasteiger partial charge is 0.452 e. The van der Waals surface area contributed by atoms with E-state index in [4.69, 9.17) is 16.3 Å². The normalized spacial score (nSPS) is 17.9. The lowest BCUT2D eigenvalue weighted by molar-refractivity contribution is -0.143. The Morgan fingerprint density at radius 2 is 2.07 bits per heavy atom. The lowest BCUT2D eigenvalue weighted by atomic mass is 10.2. The van der Waals surface area contributed by atoms with Crippen LogP contribution in [0.2, 0.25) is 5.15 Å². The average molecular weight is 456 g/mol. The molecule has 30 heavy (non-hydrogen) atoms. The van der Waals surface area contributed by atoms with Gasteiger partial charge >= 0.3 is 5.97 Å². The summed E-state index contributed by atoms with van der Waals surface area (Å²) in [6.45, 7) is 1.17. The number of benzene rings is 1. The molecule has 0 saturated carbocycles. The third-order valence-electron chi connectivity index (χ3n) is 4.45. The minimum absolute atomic E-state index is 0.0339. The molecule has 0 aliphatic carbocycles. The van der Waals surface area contributed by atoms with E-state index in [1.54, 1.807) is 6.92 Å². The first-order chi connectivity index (χ1) is 14.1. The summed E-state index contributed by atoms with van der Waals surface area (Å²) in [5, 5.41) is 7.03. The molecular weight excluding hydrogens is 437 g/mol. The van der Waals surface area contributed by atoms with Crippen molar-refractivity contribution in [3.8, 4) is 5.69 Å². The summed E-state index contributed by atoms with van der Waals surface area (Å²) in [7, 11) is -3.11. The van der Waals surface area contributed by atoms with Crippen molar-refractivity contribution in [2.75, 3.05) is 18.1 Å². The molecule has 2 heterocycles. The van der Waals surface area contributed by atoms with Crippen LogP contribution in [0.1, 0.15) is 17.7 Å². The number of hydrogen-bond acceptors (Lipinski definition) is 6. The predicted octanol–water partition coefficient (Wildman–Crippen LogP) is 1.83. The first kappa shape index (κ1) is 22.0. The van der Waals surface area contributed by atoms with E-state index in [-0.39, 0.29) is 22.5 Å². The number of nitrogens with one attached hydrogen (secondary N) is 1. The fourth-order valence-electron chi connectivity index (χ4n) is 2.97. The highest BCUT2D eigenvalue weighted by Crippen LogP contribution is 2.24. The Bertz CT molecular complexity index is 1100. The van der Waals surface area contributed by atoms with Crippen molar-refractivity contribution < 1.29 is 27.1 Å². The van der Waals surface area contributed by atoms with Crippen molar-refractivity contribution in [1.82, 2.24) is 15.1 Å². The molecule has 160 valence electrons. The number of ether oxygens (including phenoxy) is 1. The summed E-state index contributed by atoms with van der Waals surface area (Å²) in [6, 6.07) is 5.13. The van der Waals surface area contributed by atoms with Crippen LogP contribution in [-0.2, 0) is 24.2 Å². The summed E-state index contributed by atoms with van der Waals surface area (Å²) < 4.78 is 42.2. The van der Waals surface area contributed by atoms with E-state index in [2.05, 4.69) is 10.4 Å². The quantitative estimate of drug-likeness (QED) is 0.526. The van der Waals surface area contributed by atoms with Gasteiger partial charge in [-0.1, -0.05) is 11.6 Å². The molecule has 1 amide bonds. The molecule has 0 unspecified atom stereocenters. The second kappa shape index (κ2) is 8.97. The van der Waals surface area contributed by atoms with Crippen LogP contribution in [0, 0.1) is 12.7 Å². The van der Waals surface area contributed by atoms with Crippen LogP contribution >= 0.6 is 11.6 Å². The number of carbonyl (C=O) groups excluding carboxylic acids is 2. The highest BCUT2D eigenvalue weighted by atomic mass is 35.5. The molecule has 0 radical (unpaired) electrons. The van der Waals surface area contributed by atoms with Gasteiger partial charge in [0.15, 0.2) is 16.4 Å². The number of aromatic nitrogens is 2. The van der Waals surface area contributed by atoms with Crippen LogP contribution < -0.4 is 5.32 Å². The van der Waals surface area contributed by atoms with Crippen LogP contribution in [0.5, 0.6) is 0 Å². The lowest BCUT2D eigenvalue weighted by Crippen LogP contribution is -2.38. The van der Waals surface area contributed by atoms with Gasteiger partial charge in [-0.25, -0.2) is 22.3 Å². The molecule has 2 aromatic rings. The van der Waals surface area contributed by atoms with Gasteiger partial charge in [0, 0.05) is 17.7 Å². The first-order valence-electron chi connectivity index (χ1n) is 9.00. The van der Waals surface area contributed by atoms with Crippen molar-refractivity contribution in [3.63, 3.8) is 0 Å². The van der Waals surface area contributed by atoms with Crippen molar-refractivity contribution in [1.29, 1.82) is 0 Å². The third kappa shape index (κ3) is 5.45. The highest BCUT2D eigenvalue weighted by molar-refractivity contribution is 7.91. The van der Waals surface area contributed by atoms with E-state index in [1.807, 2.05) is 0 Å². The molecule has 1 N–H and O–H groups in total. The molecule has 0 spiro atoms. The molecule has 11 heteroatoms. The van der Waals surface area contributed by atoms with Gasteiger partial charge < -0.3 is 10.1 Å². The van der Waals surface area contributed by atoms with E-state index in [0.717, 1.165) is 6.08 Å². The number of halogens is 2. The van der Waals surface area contributed by atoms with Crippen molar-refractivity contribution in [2.45, 2.75) is 19.4 Å². The van der Waals surface area contributed by atoms with Crippen molar-refractivity contribution in [2.24, 2.45) is 0 Å². The second-order valence-electron chi connectivity index (χ2n) is 6.79. The molecule has 1 aliphatic rings. The number of aryl methyl sites for hydroxylation is 1. The maximum Gasteiger partial charge on any atom is 0.331 e. The second-order valence-corrected chi connectivity index (χ2v) is 9.37. The molecule has 0 bridgehead atoms. The summed E-state index contributed by atoms with van der Waals surface area (Å²) in [4.78, 5) is 23.7. The molecule has 1 aromatic carbocycles. The number of rotatable bonds is 6. The Kier molecular flexibility index (Phi) is 6.57. The van der Waals surface area contributed by atoms with Crippen LogP contribution in [0.4, 0.5) is 4.39 Å². The van der Waals surface area contributed by atoms with Gasteiger partial charge in [0.05, 0.1) is 22.9 Å². The number of carbonyl (C=O) groups is 2. The Labute approximate surface area is 177 Å². The Balaban J connectivity index is 1.57. The van der Waals surface area contributed by atoms with E-state index >= 15 is 0 Å². The maximum absolute atomic E-state index is 13.1. The fraction of sp³-hybridized carbons (Fsp3) is 0.316. The van der Waals surface area contributed by atoms with Gasteiger partial charge in [0.25, 0.3) is 5.91 Å². The molecule has 3 rings (SSSR count). The first-order valence-corrected chi connectivity index (χ1v) is 11.2. The van der Waals surface area contributed by atoms with Gasteiger partial charge in [-0.3, -0.25) is 4.79 Å². The van der Waals surface area contributed by atoms with Crippen LogP contribution in [0.15, 0.2) is 30.3 Å². The Hall–Kier alpha value is -2.72. The van der Waals surface area contributed by atoms with Gasteiger partial charge in [-0.15, -0.1) is 0 Å². The summed E-state index contributed by atoms with van der Waals surface area (Å²) in [5.41, 5.74) is 1.56. The topological polar surface area (TPSA) is 107 Å². The smallest absolute Gasteiger partial charge is 0.331 e. The molecular formula is C19H19ClFN3O5S. The summed E-state index contributed by atoms with van der Waals surface area (Å²) in [6.07, 6.45) is 2.87. The molecule has 1 fully saturated rings. The number of sulfone groups is 1. The van der Waals surface area contributed by atoms with Gasteiger partial charge in [0.1, 0.15) is 11.0 Å². The van der Waals surface area contributed by atoms with Gasteiger partial charge in [0.2, 0.25) is 0 Å². The summed E-state index contributed by atoms with van der Waals surface area (Å²) in [5.74, 6) is -1.80.